The van der Waals surface area contributed by atoms with Gasteiger partial charge in [0, 0.05) is 43.3 Å². The smallest absolute Gasteiger partial charge is 0.264 e. The molecule has 0 unspecified atom stereocenters. The van der Waals surface area contributed by atoms with Crippen molar-refractivity contribution in [2.75, 3.05) is 9.80 Å². The predicted octanol–water partition coefficient (Wildman–Crippen LogP) is 15.0. The minimum Gasteiger partial charge on any atom is -0.311 e. The van der Waals surface area contributed by atoms with E-state index in [1.807, 2.05) is 11.3 Å². The molecule has 318 valence electrons. The highest BCUT2D eigenvalue weighted by atomic mass is 32.1. The molecule has 11 rings (SSSR count). The molecule has 63 heavy (non-hydrogen) atoms. The number of fused-ring (bicyclic) bond motifs is 8. The van der Waals surface area contributed by atoms with Crippen molar-refractivity contribution >= 4 is 78.0 Å². The van der Waals surface area contributed by atoms with Crippen LogP contribution in [0.15, 0.2) is 115 Å². The third-order valence-electron chi connectivity index (χ3n) is 16.0. The summed E-state index contributed by atoms with van der Waals surface area (Å²) in [6, 6.07) is 45.4. The number of rotatable bonds is 3. The van der Waals surface area contributed by atoms with Gasteiger partial charge in [-0.1, -0.05) is 137 Å². The Morgan fingerprint density at radius 2 is 1.08 bits per heavy atom. The van der Waals surface area contributed by atoms with Crippen LogP contribution in [0.2, 0.25) is 0 Å². The standard InChI is InChI=1S/C59H63BN2S/c1-36-30-49-52-50(31-36)62(40-21-18-38(19-22-40)37-16-14-13-15-17-37)53-42-32-39(55(2,3)4)20-25-51(42)63-54(53)60(52)47-34-45-46(59(11,12)29-28-58(45,9)10)35-48(47)61(49)41-23-24-43-44(33-41)57(7,8)27-26-56(43,5)6/h13-25,30-35H,26-29H2,1-12H3. The fourth-order valence-corrected chi connectivity index (χ4v) is 13.1. The fourth-order valence-electron chi connectivity index (χ4n) is 11.8. The van der Waals surface area contributed by atoms with Crippen molar-refractivity contribution in [2.24, 2.45) is 0 Å². The van der Waals surface area contributed by atoms with Crippen molar-refractivity contribution in [1.82, 2.24) is 0 Å². The van der Waals surface area contributed by atoms with E-state index in [4.69, 9.17) is 0 Å². The van der Waals surface area contributed by atoms with E-state index >= 15 is 0 Å². The summed E-state index contributed by atoms with van der Waals surface area (Å²) in [4.78, 5) is 5.34. The van der Waals surface area contributed by atoms with E-state index in [1.54, 1.807) is 0 Å². The number of benzene rings is 6. The van der Waals surface area contributed by atoms with Crippen LogP contribution < -0.4 is 25.5 Å². The molecule has 0 spiro atoms. The van der Waals surface area contributed by atoms with Gasteiger partial charge < -0.3 is 9.80 Å². The molecule has 0 amide bonds. The first-order valence-electron chi connectivity index (χ1n) is 23.5. The topological polar surface area (TPSA) is 6.48 Å². The number of hydrogen-bond acceptors (Lipinski definition) is 3. The maximum atomic E-state index is 2.69. The molecular weight excluding hydrogens is 780 g/mol. The summed E-state index contributed by atoms with van der Waals surface area (Å²) in [6.07, 6.45) is 4.77. The van der Waals surface area contributed by atoms with Crippen molar-refractivity contribution in [2.45, 2.75) is 136 Å². The summed E-state index contributed by atoms with van der Waals surface area (Å²) in [7, 11) is 0. The molecule has 4 aliphatic rings. The molecule has 0 saturated carbocycles. The summed E-state index contributed by atoms with van der Waals surface area (Å²) < 4.78 is 2.80. The number of nitrogens with zero attached hydrogens (tertiary/aromatic N) is 2. The fraction of sp³-hybridized carbons (Fsp3) is 0.356. The van der Waals surface area contributed by atoms with Gasteiger partial charge in [0.15, 0.2) is 0 Å². The Bertz CT molecular complexity index is 3010. The van der Waals surface area contributed by atoms with Gasteiger partial charge in [-0.2, -0.15) is 0 Å². The molecule has 0 bridgehead atoms. The van der Waals surface area contributed by atoms with E-state index in [2.05, 4.69) is 208 Å². The molecule has 2 aliphatic carbocycles. The van der Waals surface area contributed by atoms with Gasteiger partial charge in [-0.25, -0.2) is 0 Å². The van der Waals surface area contributed by atoms with E-state index in [0.717, 1.165) is 0 Å². The third kappa shape index (κ3) is 6.17. The second kappa shape index (κ2) is 13.5. The Hall–Kier alpha value is -5.06. The first-order valence-corrected chi connectivity index (χ1v) is 24.4. The molecule has 3 heterocycles. The van der Waals surface area contributed by atoms with E-state index in [0.29, 0.717) is 0 Å². The predicted molar refractivity (Wildman–Crippen MR) is 275 cm³/mol. The Morgan fingerprint density at radius 1 is 0.524 bits per heavy atom. The third-order valence-corrected chi connectivity index (χ3v) is 17.2. The first-order chi connectivity index (χ1) is 29.7. The second-order valence-corrected chi connectivity index (χ2v) is 24.3. The van der Waals surface area contributed by atoms with Gasteiger partial charge in [-0.05, 0) is 170 Å². The summed E-state index contributed by atoms with van der Waals surface area (Å²) >= 11 is 2.02. The van der Waals surface area contributed by atoms with Crippen molar-refractivity contribution in [3.63, 3.8) is 0 Å². The zero-order chi connectivity index (χ0) is 44.2. The average Bonchev–Trinajstić information content (AvgIpc) is 3.62. The van der Waals surface area contributed by atoms with Crippen molar-refractivity contribution in [3.8, 4) is 11.1 Å². The van der Waals surface area contributed by atoms with Gasteiger partial charge >= 0.3 is 0 Å². The van der Waals surface area contributed by atoms with Crippen LogP contribution in [-0.4, -0.2) is 6.71 Å². The summed E-state index contributed by atoms with van der Waals surface area (Å²) in [5, 5.41) is 1.35. The molecule has 0 atom stereocenters. The lowest BCUT2D eigenvalue weighted by molar-refractivity contribution is 0.332. The normalized spacial score (nSPS) is 18.6. The lowest BCUT2D eigenvalue weighted by Gasteiger charge is -2.47. The van der Waals surface area contributed by atoms with Crippen LogP contribution in [0.4, 0.5) is 34.1 Å². The van der Waals surface area contributed by atoms with Crippen LogP contribution in [0.3, 0.4) is 0 Å². The average molecular weight is 843 g/mol. The SMILES string of the molecule is Cc1cc2c3c(c1)N(c1ccc(-c4ccccc4)cc1)c1c(sc4ccc(C(C)(C)C)cc14)B3c1cc3c(cc1N2c1ccc2c(c1)C(C)(C)CCC2(C)C)C(C)(C)CCC3(C)C. The minimum atomic E-state index is 0.0234. The largest absolute Gasteiger partial charge is 0.311 e. The number of anilines is 6. The van der Waals surface area contributed by atoms with Gasteiger partial charge in [-0.15, -0.1) is 11.3 Å². The molecule has 7 aromatic rings. The van der Waals surface area contributed by atoms with Crippen LogP contribution in [0, 0.1) is 6.92 Å². The molecule has 2 nitrogen and oxygen atoms in total. The molecule has 1 aromatic heterocycles. The van der Waals surface area contributed by atoms with Crippen molar-refractivity contribution < 1.29 is 0 Å². The second-order valence-electron chi connectivity index (χ2n) is 23.2. The minimum absolute atomic E-state index is 0.0234. The highest BCUT2D eigenvalue weighted by molar-refractivity contribution is 7.33. The van der Waals surface area contributed by atoms with Gasteiger partial charge in [0.1, 0.15) is 0 Å². The van der Waals surface area contributed by atoms with Crippen LogP contribution in [0.5, 0.6) is 0 Å². The molecule has 0 radical (unpaired) electrons. The highest BCUT2D eigenvalue weighted by Crippen LogP contribution is 2.54. The lowest BCUT2D eigenvalue weighted by atomic mass is 9.35. The number of aryl methyl sites for hydroxylation is 1. The van der Waals surface area contributed by atoms with Gasteiger partial charge in [0.05, 0.1) is 5.69 Å². The van der Waals surface area contributed by atoms with Gasteiger partial charge in [0.2, 0.25) is 0 Å². The first kappa shape index (κ1) is 40.7. The Morgan fingerprint density at radius 3 is 1.71 bits per heavy atom. The molecule has 4 heteroatoms. The summed E-state index contributed by atoms with van der Waals surface area (Å²) in [5.74, 6) is 0. The molecule has 0 fully saturated rings. The van der Waals surface area contributed by atoms with Gasteiger partial charge in [-0.3, -0.25) is 0 Å². The molecular formula is C59H63BN2S. The maximum absolute atomic E-state index is 2.69. The Kier molecular flexibility index (Phi) is 8.72. The molecule has 0 N–H and O–H groups in total. The monoisotopic (exact) mass is 842 g/mol. The maximum Gasteiger partial charge on any atom is 0.264 e. The van der Waals surface area contributed by atoms with Crippen molar-refractivity contribution in [1.29, 1.82) is 0 Å². The molecule has 2 aliphatic heterocycles. The van der Waals surface area contributed by atoms with Crippen LogP contribution in [0.1, 0.15) is 135 Å². The summed E-state index contributed by atoms with van der Waals surface area (Å²) in [6.45, 7) is 29.2. The van der Waals surface area contributed by atoms with Gasteiger partial charge in [0.25, 0.3) is 6.71 Å². The van der Waals surface area contributed by atoms with E-state index in [9.17, 15) is 0 Å². The summed E-state index contributed by atoms with van der Waals surface area (Å²) in [5.41, 5.74) is 22.2. The molecule has 6 aromatic carbocycles. The highest BCUT2D eigenvalue weighted by Gasteiger charge is 2.48. The van der Waals surface area contributed by atoms with Crippen LogP contribution >= 0.6 is 11.3 Å². The zero-order valence-corrected chi connectivity index (χ0v) is 40.5. The Balaban J connectivity index is 1.24. The number of hydrogen-bond donors (Lipinski definition) is 0. The van der Waals surface area contributed by atoms with Crippen molar-refractivity contribution in [3.05, 3.63) is 149 Å². The van der Waals surface area contributed by atoms with Crippen LogP contribution in [-0.2, 0) is 27.1 Å². The van der Waals surface area contributed by atoms with E-state index in [-0.39, 0.29) is 33.8 Å². The lowest BCUT2D eigenvalue weighted by Crippen LogP contribution is -2.61. The van der Waals surface area contributed by atoms with Crippen LogP contribution in [0.25, 0.3) is 21.2 Å². The number of thiophene rings is 1. The molecule has 0 saturated heterocycles. The van der Waals surface area contributed by atoms with E-state index in [1.165, 1.54) is 130 Å². The zero-order valence-electron chi connectivity index (χ0n) is 39.7. The van der Waals surface area contributed by atoms with E-state index < -0.39 is 0 Å². The Labute approximate surface area is 381 Å². The quantitative estimate of drug-likeness (QED) is 0.164.